The first-order valence-electron chi connectivity index (χ1n) is 9.37. The fourth-order valence-electron chi connectivity index (χ4n) is 2.81. The molecule has 0 heterocycles. The highest BCUT2D eigenvalue weighted by Crippen LogP contribution is 2.19. The summed E-state index contributed by atoms with van der Waals surface area (Å²) in [6, 6.07) is 15.9. The van der Waals surface area contributed by atoms with E-state index in [1.807, 2.05) is 37.3 Å². The minimum Gasteiger partial charge on any atom is -0.449 e. The van der Waals surface area contributed by atoms with Crippen LogP contribution in [0.4, 0.5) is 5.69 Å². The van der Waals surface area contributed by atoms with E-state index in [1.165, 1.54) is 25.1 Å². The zero-order valence-corrected chi connectivity index (χ0v) is 16.4. The molecule has 1 amide bonds. The molecule has 0 spiro atoms. The maximum Gasteiger partial charge on any atom is 0.331 e. The van der Waals surface area contributed by atoms with Gasteiger partial charge in [-0.15, -0.1) is 0 Å². The fraction of sp³-hybridized carbons (Fsp3) is 0.273. The van der Waals surface area contributed by atoms with E-state index in [9.17, 15) is 19.7 Å². The van der Waals surface area contributed by atoms with Gasteiger partial charge in [0.05, 0.1) is 10.5 Å². The van der Waals surface area contributed by atoms with Gasteiger partial charge in [0.15, 0.2) is 6.10 Å². The van der Waals surface area contributed by atoms with Crippen LogP contribution in [0.3, 0.4) is 0 Å². The van der Waals surface area contributed by atoms with Gasteiger partial charge in [-0.3, -0.25) is 14.9 Å². The van der Waals surface area contributed by atoms with Crippen LogP contribution in [0.5, 0.6) is 0 Å². The fourth-order valence-corrected chi connectivity index (χ4v) is 2.81. The topological polar surface area (TPSA) is 98.5 Å². The highest BCUT2D eigenvalue weighted by atomic mass is 16.6. The lowest BCUT2D eigenvalue weighted by Crippen LogP contribution is -2.37. The van der Waals surface area contributed by atoms with E-state index >= 15 is 0 Å². The molecule has 152 valence electrons. The second kappa shape index (κ2) is 10.8. The lowest BCUT2D eigenvalue weighted by molar-refractivity contribution is -0.385. The molecular formula is C22H24N2O5. The average molecular weight is 396 g/mol. The van der Waals surface area contributed by atoms with E-state index in [-0.39, 0.29) is 17.2 Å². The van der Waals surface area contributed by atoms with Gasteiger partial charge >= 0.3 is 5.97 Å². The van der Waals surface area contributed by atoms with Gasteiger partial charge in [0.2, 0.25) is 0 Å². The second-order valence-corrected chi connectivity index (χ2v) is 6.49. The van der Waals surface area contributed by atoms with Crippen molar-refractivity contribution in [3.63, 3.8) is 0 Å². The number of hydrogen-bond acceptors (Lipinski definition) is 5. The van der Waals surface area contributed by atoms with Gasteiger partial charge in [0.1, 0.15) is 0 Å². The number of hydrogen-bond donors (Lipinski definition) is 1. The van der Waals surface area contributed by atoms with E-state index < -0.39 is 22.9 Å². The summed E-state index contributed by atoms with van der Waals surface area (Å²) in [6.45, 7) is 3.96. The van der Waals surface area contributed by atoms with Crippen LogP contribution in [0.1, 0.15) is 37.3 Å². The van der Waals surface area contributed by atoms with Crippen molar-refractivity contribution in [3.8, 4) is 0 Å². The Morgan fingerprint density at radius 2 is 1.79 bits per heavy atom. The molecule has 7 nitrogen and oxygen atoms in total. The highest BCUT2D eigenvalue weighted by Gasteiger charge is 2.18. The van der Waals surface area contributed by atoms with Gasteiger partial charge in [-0.25, -0.2) is 4.79 Å². The van der Waals surface area contributed by atoms with Crippen molar-refractivity contribution in [3.05, 3.63) is 81.9 Å². The van der Waals surface area contributed by atoms with Crippen molar-refractivity contribution < 1.29 is 19.2 Å². The number of benzene rings is 2. The Kier molecular flexibility index (Phi) is 8.09. The quantitative estimate of drug-likeness (QED) is 0.300. The molecule has 2 aromatic rings. The molecule has 0 fully saturated rings. The Bertz CT molecular complexity index is 880. The molecule has 0 aliphatic heterocycles. The number of rotatable bonds is 9. The molecule has 7 heteroatoms. The third-order valence-electron chi connectivity index (χ3n) is 4.48. The minimum atomic E-state index is -0.980. The third-order valence-corrected chi connectivity index (χ3v) is 4.48. The van der Waals surface area contributed by atoms with Crippen LogP contribution >= 0.6 is 0 Å². The lowest BCUT2D eigenvalue weighted by Gasteiger charge is -2.18. The Hall–Kier alpha value is -3.48. The molecule has 0 saturated heterocycles. The Morgan fingerprint density at radius 3 is 2.45 bits per heavy atom. The van der Waals surface area contributed by atoms with Crippen molar-refractivity contribution in [1.82, 2.24) is 5.32 Å². The minimum absolute atomic E-state index is 0.117. The van der Waals surface area contributed by atoms with E-state index in [2.05, 4.69) is 5.32 Å². The maximum atomic E-state index is 12.2. The Morgan fingerprint density at radius 1 is 1.14 bits per heavy atom. The molecule has 0 radical (unpaired) electrons. The first kappa shape index (κ1) is 21.8. The molecule has 0 aliphatic carbocycles. The maximum absolute atomic E-state index is 12.2. The van der Waals surface area contributed by atoms with Crippen LogP contribution in [0, 0.1) is 10.1 Å². The number of carbonyl (C=O) groups excluding carboxylic acids is 2. The number of ether oxygens (including phenoxy) is 1. The van der Waals surface area contributed by atoms with E-state index in [4.69, 9.17) is 4.74 Å². The smallest absolute Gasteiger partial charge is 0.331 e. The molecular weight excluding hydrogens is 372 g/mol. The normalized spacial score (nSPS) is 12.9. The van der Waals surface area contributed by atoms with Crippen LogP contribution in [-0.4, -0.2) is 29.4 Å². The SMILES string of the molecule is CC[C@H](CNC(=O)[C@H](C)OC(=O)/C=C/c1ccccc1[N+](=O)[O-])c1ccccc1. The average Bonchev–Trinajstić information content (AvgIpc) is 2.73. The number of para-hydroxylation sites is 1. The zero-order chi connectivity index (χ0) is 21.2. The summed E-state index contributed by atoms with van der Waals surface area (Å²) in [7, 11) is 0. The molecule has 0 aliphatic rings. The third kappa shape index (κ3) is 6.57. The van der Waals surface area contributed by atoms with Crippen LogP contribution in [0.25, 0.3) is 6.08 Å². The van der Waals surface area contributed by atoms with Crippen molar-refractivity contribution in [2.45, 2.75) is 32.3 Å². The van der Waals surface area contributed by atoms with Crippen LogP contribution < -0.4 is 5.32 Å². The molecule has 0 unspecified atom stereocenters. The van der Waals surface area contributed by atoms with Gasteiger partial charge in [-0.05, 0) is 31.1 Å². The van der Waals surface area contributed by atoms with Gasteiger partial charge < -0.3 is 10.1 Å². The monoisotopic (exact) mass is 396 g/mol. The number of nitrogens with one attached hydrogen (secondary N) is 1. The Labute approximate surface area is 169 Å². The molecule has 2 rings (SSSR count). The number of amides is 1. The van der Waals surface area contributed by atoms with Gasteiger partial charge in [0, 0.05) is 24.6 Å². The highest BCUT2D eigenvalue weighted by molar-refractivity contribution is 5.90. The van der Waals surface area contributed by atoms with E-state index in [0.717, 1.165) is 18.1 Å². The summed E-state index contributed by atoms with van der Waals surface area (Å²) in [4.78, 5) is 34.7. The van der Waals surface area contributed by atoms with Crippen LogP contribution in [0.2, 0.25) is 0 Å². The first-order valence-corrected chi connectivity index (χ1v) is 9.37. The Balaban J connectivity index is 1.89. The predicted molar refractivity (Wildman–Crippen MR) is 110 cm³/mol. The summed E-state index contributed by atoms with van der Waals surface area (Å²) in [6.07, 6.45) is 2.25. The summed E-state index contributed by atoms with van der Waals surface area (Å²) < 4.78 is 5.10. The summed E-state index contributed by atoms with van der Waals surface area (Å²) in [5.41, 5.74) is 1.29. The number of nitrogens with zero attached hydrogens (tertiary/aromatic N) is 1. The molecule has 2 aromatic carbocycles. The van der Waals surface area contributed by atoms with E-state index in [1.54, 1.807) is 12.1 Å². The number of nitro benzene ring substituents is 1. The van der Waals surface area contributed by atoms with Crippen molar-refractivity contribution in [2.75, 3.05) is 6.54 Å². The predicted octanol–water partition coefficient (Wildman–Crippen LogP) is 3.85. The van der Waals surface area contributed by atoms with Gasteiger partial charge in [0.25, 0.3) is 11.6 Å². The summed E-state index contributed by atoms with van der Waals surface area (Å²) >= 11 is 0. The number of esters is 1. The lowest BCUT2D eigenvalue weighted by atomic mass is 9.96. The summed E-state index contributed by atoms with van der Waals surface area (Å²) in [5.74, 6) is -0.977. The second-order valence-electron chi connectivity index (χ2n) is 6.49. The van der Waals surface area contributed by atoms with Crippen molar-refractivity contribution >= 4 is 23.6 Å². The molecule has 29 heavy (non-hydrogen) atoms. The standard InChI is InChI=1S/C22H24N2O5/c1-3-17(18-9-5-4-6-10-18)15-23-22(26)16(2)29-21(25)14-13-19-11-7-8-12-20(19)24(27)28/h4-14,16-17H,3,15H2,1-2H3,(H,23,26)/b14-13+/t16-,17+/m0/s1. The van der Waals surface area contributed by atoms with Crippen LogP contribution in [0.15, 0.2) is 60.7 Å². The summed E-state index contributed by atoms with van der Waals surface area (Å²) in [5, 5.41) is 13.8. The van der Waals surface area contributed by atoms with Crippen molar-refractivity contribution in [2.24, 2.45) is 0 Å². The zero-order valence-electron chi connectivity index (χ0n) is 16.4. The molecule has 0 bridgehead atoms. The van der Waals surface area contributed by atoms with Gasteiger partial charge in [-0.1, -0.05) is 49.4 Å². The number of carbonyl (C=O) groups is 2. The largest absolute Gasteiger partial charge is 0.449 e. The van der Waals surface area contributed by atoms with Crippen LogP contribution in [-0.2, 0) is 14.3 Å². The van der Waals surface area contributed by atoms with Gasteiger partial charge in [-0.2, -0.15) is 0 Å². The first-order chi connectivity index (χ1) is 13.9. The van der Waals surface area contributed by atoms with Crippen molar-refractivity contribution in [1.29, 1.82) is 0 Å². The molecule has 2 atom stereocenters. The molecule has 0 saturated carbocycles. The molecule has 1 N–H and O–H groups in total. The van der Waals surface area contributed by atoms with E-state index in [0.29, 0.717) is 6.54 Å². The number of nitro groups is 1. The molecule has 0 aromatic heterocycles.